The Kier molecular flexibility index (Phi) is 5.00. The first kappa shape index (κ1) is 20.3. The molecule has 0 fully saturated rings. The molecule has 0 bridgehead atoms. The third-order valence-corrected chi connectivity index (χ3v) is 5.76. The second-order valence-electron chi connectivity index (χ2n) is 7.95. The quantitative estimate of drug-likeness (QED) is 0.466. The second-order valence-corrected chi connectivity index (χ2v) is 7.95. The summed E-state index contributed by atoms with van der Waals surface area (Å²) in [5.74, 6) is -0.0758. The Morgan fingerprint density at radius 2 is 1.70 bits per heavy atom. The minimum Gasteiger partial charge on any atom is -0.354 e. The number of amides is 1. The summed E-state index contributed by atoms with van der Waals surface area (Å²) < 4.78 is 1.91. The van der Waals surface area contributed by atoms with Gasteiger partial charge in [0.25, 0.3) is 5.91 Å². The number of carbonyl (C=O) groups excluding carboxylic acids is 1. The number of aryl methyl sites for hydroxylation is 1. The molecular formula is C27H21N5O. The maximum atomic E-state index is 13.3. The maximum Gasteiger partial charge on any atom is 0.260 e. The van der Waals surface area contributed by atoms with Gasteiger partial charge >= 0.3 is 0 Å². The predicted molar refractivity (Wildman–Crippen MR) is 130 cm³/mol. The molecule has 6 nitrogen and oxygen atoms in total. The largest absolute Gasteiger partial charge is 0.354 e. The molecule has 1 amide bonds. The van der Waals surface area contributed by atoms with Crippen molar-refractivity contribution in [2.45, 2.75) is 0 Å². The van der Waals surface area contributed by atoms with Crippen LogP contribution in [0.2, 0.25) is 0 Å². The minimum absolute atomic E-state index is 0.0758. The second kappa shape index (κ2) is 8.13. The molecule has 0 spiro atoms. The topological polar surface area (TPSA) is 74.0 Å². The Morgan fingerprint density at radius 1 is 0.970 bits per heavy atom. The lowest BCUT2D eigenvalue weighted by molar-refractivity contribution is -0.112. The zero-order valence-corrected chi connectivity index (χ0v) is 18.3. The minimum atomic E-state index is -0.0758. The zero-order chi connectivity index (χ0) is 22.9. The third-order valence-electron chi connectivity index (χ3n) is 5.76. The summed E-state index contributed by atoms with van der Waals surface area (Å²) in [6.45, 7) is 0. The molecule has 0 saturated carbocycles. The van der Waals surface area contributed by atoms with Crippen LogP contribution in [-0.4, -0.2) is 22.5 Å². The van der Waals surface area contributed by atoms with E-state index in [1.165, 1.54) is 0 Å². The SMILES string of the molecule is CN1C(=O)/C(=C(\Nc2ccc(-c3cn(C)cn3)cc2)c2ccc(C#N)cc2)c2ccccc21. The van der Waals surface area contributed by atoms with Crippen LogP contribution < -0.4 is 10.2 Å². The molecule has 6 heteroatoms. The van der Waals surface area contributed by atoms with Gasteiger partial charge in [0.05, 0.1) is 40.6 Å². The van der Waals surface area contributed by atoms with E-state index in [0.29, 0.717) is 16.8 Å². The van der Waals surface area contributed by atoms with Crippen LogP contribution in [0.15, 0.2) is 85.3 Å². The van der Waals surface area contributed by atoms with E-state index in [2.05, 4.69) is 16.4 Å². The molecule has 3 aromatic carbocycles. The van der Waals surface area contributed by atoms with Gasteiger partial charge in [0.15, 0.2) is 0 Å². The van der Waals surface area contributed by atoms with Crippen LogP contribution in [0.25, 0.3) is 22.5 Å². The highest BCUT2D eigenvalue weighted by Gasteiger charge is 2.32. The molecule has 1 aromatic heterocycles. The molecule has 0 saturated heterocycles. The summed E-state index contributed by atoms with van der Waals surface area (Å²) in [7, 11) is 3.72. The van der Waals surface area contributed by atoms with Crippen LogP contribution in [-0.2, 0) is 11.8 Å². The van der Waals surface area contributed by atoms with E-state index in [1.807, 2.05) is 78.5 Å². The number of aromatic nitrogens is 2. The van der Waals surface area contributed by atoms with Crippen LogP contribution in [0, 0.1) is 11.3 Å². The summed E-state index contributed by atoms with van der Waals surface area (Å²) in [4.78, 5) is 19.4. The van der Waals surface area contributed by atoms with Crippen molar-refractivity contribution in [2.24, 2.45) is 7.05 Å². The number of anilines is 2. The zero-order valence-electron chi connectivity index (χ0n) is 18.3. The molecule has 4 aromatic rings. The molecule has 160 valence electrons. The molecule has 1 aliphatic rings. The van der Waals surface area contributed by atoms with Gasteiger partial charge in [-0.15, -0.1) is 0 Å². The van der Waals surface area contributed by atoms with Gasteiger partial charge in [0.1, 0.15) is 0 Å². The van der Waals surface area contributed by atoms with Gasteiger partial charge in [-0.05, 0) is 35.9 Å². The standard InChI is InChI=1S/C27H21N5O/c1-31-16-23(29-17-31)19-11-13-21(14-12-19)30-26(20-9-7-18(15-28)8-10-20)25-22-5-3-4-6-24(22)32(2)27(25)33/h3-14,16-17,30H,1-2H3/b26-25-. The van der Waals surface area contributed by atoms with Crippen molar-refractivity contribution in [3.05, 3.63) is 102 Å². The normalized spacial score (nSPS) is 14.1. The molecule has 0 unspecified atom stereocenters. The van der Waals surface area contributed by atoms with Crippen molar-refractivity contribution in [2.75, 3.05) is 17.3 Å². The molecule has 2 heterocycles. The number of benzene rings is 3. The lowest BCUT2D eigenvalue weighted by atomic mass is 9.99. The predicted octanol–water partition coefficient (Wildman–Crippen LogP) is 4.92. The monoisotopic (exact) mass is 431 g/mol. The van der Waals surface area contributed by atoms with Crippen LogP contribution >= 0.6 is 0 Å². The highest BCUT2D eigenvalue weighted by atomic mass is 16.2. The lowest BCUT2D eigenvalue weighted by Crippen LogP contribution is -2.21. The number of rotatable bonds is 4. The summed E-state index contributed by atoms with van der Waals surface area (Å²) in [5, 5.41) is 12.7. The molecule has 0 atom stereocenters. The third kappa shape index (κ3) is 3.66. The van der Waals surface area contributed by atoms with Gasteiger partial charge in [-0.1, -0.05) is 42.5 Å². The fourth-order valence-electron chi connectivity index (χ4n) is 4.03. The van der Waals surface area contributed by atoms with Crippen LogP contribution in [0.5, 0.6) is 0 Å². The van der Waals surface area contributed by atoms with Gasteiger partial charge in [-0.3, -0.25) is 4.79 Å². The first-order valence-electron chi connectivity index (χ1n) is 10.5. The number of para-hydroxylation sites is 1. The fraction of sp³-hybridized carbons (Fsp3) is 0.0741. The van der Waals surface area contributed by atoms with Crippen molar-refractivity contribution in [1.29, 1.82) is 5.26 Å². The van der Waals surface area contributed by atoms with Crippen molar-refractivity contribution >= 4 is 28.6 Å². The van der Waals surface area contributed by atoms with Gasteiger partial charge in [0.2, 0.25) is 0 Å². The number of nitrogens with one attached hydrogen (secondary N) is 1. The van der Waals surface area contributed by atoms with Gasteiger partial charge < -0.3 is 14.8 Å². The molecule has 1 N–H and O–H groups in total. The van der Waals surface area contributed by atoms with E-state index < -0.39 is 0 Å². The Hall–Kier alpha value is -4.63. The lowest BCUT2D eigenvalue weighted by Gasteiger charge is -2.16. The van der Waals surface area contributed by atoms with Crippen LogP contribution in [0.3, 0.4) is 0 Å². The number of hydrogen-bond acceptors (Lipinski definition) is 4. The average Bonchev–Trinajstić information content (AvgIpc) is 3.39. The van der Waals surface area contributed by atoms with E-state index in [4.69, 9.17) is 0 Å². The van der Waals surface area contributed by atoms with Gasteiger partial charge in [0, 0.05) is 37.1 Å². The number of imidazole rings is 1. The van der Waals surface area contributed by atoms with E-state index in [-0.39, 0.29) is 5.91 Å². The molecule has 33 heavy (non-hydrogen) atoms. The van der Waals surface area contributed by atoms with Gasteiger partial charge in [-0.2, -0.15) is 5.26 Å². The Labute approximate surface area is 192 Å². The number of hydrogen-bond donors (Lipinski definition) is 1. The summed E-state index contributed by atoms with van der Waals surface area (Å²) >= 11 is 0. The molecule has 0 aliphatic carbocycles. The summed E-state index contributed by atoms with van der Waals surface area (Å²) in [6.07, 6.45) is 3.74. The van der Waals surface area contributed by atoms with Crippen LogP contribution in [0.4, 0.5) is 11.4 Å². The number of carbonyl (C=O) groups is 1. The van der Waals surface area contributed by atoms with Crippen molar-refractivity contribution in [1.82, 2.24) is 9.55 Å². The molecule has 5 rings (SSSR count). The van der Waals surface area contributed by atoms with Gasteiger partial charge in [-0.25, -0.2) is 4.98 Å². The highest BCUT2D eigenvalue weighted by Crippen LogP contribution is 2.40. The van der Waals surface area contributed by atoms with E-state index in [9.17, 15) is 10.1 Å². The van der Waals surface area contributed by atoms with Crippen molar-refractivity contribution < 1.29 is 4.79 Å². The molecular weight excluding hydrogens is 410 g/mol. The van der Waals surface area contributed by atoms with Crippen LogP contribution in [0.1, 0.15) is 16.7 Å². The average molecular weight is 431 g/mol. The number of likely N-dealkylation sites (N-methyl/N-ethyl adjacent to an activating group) is 1. The maximum absolute atomic E-state index is 13.3. The highest BCUT2D eigenvalue weighted by molar-refractivity contribution is 6.38. The summed E-state index contributed by atoms with van der Waals surface area (Å²) in [6, 6.07) is 25.1. The Balaban J connectivity index is 1.60. The van der Waals surface area contributed by atoms with E-state index in [1.54, 1.807) is 30.4 Å². The van der Waals surface area contributed by atoms with Crippen molar-refractivity contribution in [3.63, 3.8) is 0 Å². The number of nitriles is 1. The molecule has 0 radical (unpaired) electrons. The number of fused-ring (bicyclic) bond motifs is 1. The number of nitrogens with zero attached hydrogens (tertiary/aromatic N) is 4. The van der Waals surface area contributed by atoms with Crippen molar-refractivity contribution in [3.8, 4) is 17.3 Å². The molecule has 1 aliphatic heterocycles. The summed E-state index contributed by atoms with van der Waals surface area (Å²) in [5.41, 5.74) is 7.21. The first-order valence-corrected chi connectivity index (χ1v) is 10.5. The van der Waals surface area contributed by atoms with E-state index >= 15 is 0 Å². The first-order chi connectivity index (χ1) is 16.0. The Morgan fingerprint density at radius 3 is 2.36 bits per heavy atom. The van der Waals surface area contributed by atoms with E-state index in [0.717, 1.165) is 33.8 Å². The fourth-order valence-corrected chi connectivity index (χ4v) is 4.03. The smallest absolute Gasteiger partial charge is 0.260 e. The Bertz CT molecular complexity index is 1420.